The van der Waals surface area contributed by atoms with E-state index >= 15 is 0 Å². The highest BCUT2D eigenvalue weighted by atomic mass is 32.2. The minimum atomic E-state index is -3.26. The maximum atomic E-state index is 12.2. The SMILES string of the molecule is CCS(=O)(=O)N1CCC[C@@H](C(=O)NNC(=S)NC[C@@H]2CCCO2)C1. The molecular weight excluding hydrogens is 352 g/mol. The van der Waals surface area contributed by atoms with Gasteiger partial charge in [0.05, 0.1) is 17.8 Å². The summed E-state index contributed by atoms with van der Waals surface area (Å²) in [6.07, 6.45) is 3.57. The van der Waals surface area contributed by atoms with Gasteiger partial charge >= 0.3 is 0 Å². The molecule has 2 fully saturated rings. The van der Waals surface area contributed by atoms with Gasteiger partial charge in [-0.2, -0.15) is 0 Å². The molecule has 2 atom stereocenters. The quantitative estimate of drug-likeness (QED) is 0.447. The van der Waals surface area contributed by atoms with Crippen LogP contribution >= 0.6 is 12.2 Å². The average molecular weight is 379 g/mol. The number of amides is 1. The van der Waals surface area contributed by atoms with Crippen LogP contribution in [0.4, 0.5) is 0 Å². The van der Waals surface area contributed by atoms with Crippen LogP contribution in [0.15, 0.2) is 0 Å². The third-order valence-corrected chi connectivity index (χ3v) is 6.42. The molecule has 1 amide bonds. The van der Waals surface area contributed by atoms with Crippen molar-refractivity contribution in [2.45, 2.75) is 38.7 Å². The number of hydrogen-bond donors (Lipinski definition) is 3. The maximum Gasteiger partial charge on any atom is 0.242 e. The van der Waals surface area contributed by atoms with Crippen molar-refractivity contribution in [1.82, 2.24) is 20.5 Å². The number of piperidine rings is 1. The first-order valence-electron chi connectivity index (χ1n) is 8.35. The summed E-state index contributed by atoms with van der Waals surface area (Å²) in [5, 5.41) is 3.33. The average Bonchev–Trinajstić information content (AvgIpc) is 3.11. The van der Waals surface area contributed by atoms with Gasteiger partial charge in [-0.3, -0.25) is 15.6 Å². The van der Waals surface area contributed by atoms with E-state index in [9.17, 15) is 13.2 Å². The van der Waals surface area contributed by atoms with Gasteiger partial charge < -0.3 is 10.1 Å². The molecule has 3 N–H and O–H groups in total. The van der Waals surface area contributed by atoms with Crippen LogP contribution in [0.5, 0.6) is 0 Å². The first-order chi connectivity index (χ1) is 11.4. The molecule has 2 saturated heterocycles. The summed E-state index contributed by atoms with van der Waals surface area (Å²) in [6, 6.07) is 0. The summed E-state index contributed by atoms with van der Waals surface area (Å²) < 4.78 is 30.7. The highest BCUT2D eigenvalue weighted by molar-refractivity contribution is 7.89. The molecule has 0 aliphatic carbocycles. The largest absolute Gasteiger partial charge is 0.376 e. The molecule has 2 heterocycles. The normalized spacial score (nSPS) is 25.2. The van der Waals surface area contributed by atoms with Crippen LogP contribution in [-0.2, 0) is 19.6 Å². The van der Waals surface area contributed by atoms with E-state index in [1.165, 1.54) is 4.31 Å². The van der Waals surface area contributed by atoms with Gasteiger partial charge in [-0.25, -0.2) is 12.7 Å². The molecule has 0 saturated carbocycles. The zero-order valence-electron chi connectivity index (χ0n) is 13.9. The van der Waals surface area contributed by atoms with Crippen molar-refractivity contribution in [3.8, 4) is 0 Å². The van der Waals surface area contributed by atoms with Crippen molar-refractivity contribution < 1.29 is 17.9 Å². The van der Waals surface area contributed by atoms with Crippen LogP contribution in [0, 0.1) is 5.92 Å². The number of nitrogens with zero attached hydrogens (tertiary/aromatic N) is 1. The van der Waals surface area contributed by atoms with Crippen LogP contribution < -0.4 is 16.2 Å². The van der Waals surface area contributed by atoms with E-state index in [1.807, 2.05) is 0 Å². The fourth-order valence-electron chi connectivity index (χ4n) is 2.87. The van der Waals surface area contributed by atoms with E-state index in [2.05, 4.69) is 16.2 Å². The third-order valence-electron chi connectivity index (χ3n) is 4.33. The van der Waals surface area contributed by atoms with Gasteiger partial charge in [0.2, 0.25) is 15.9 Å². The number of carbonyl (C=O) groups is 1. The fraction of sp³-hybridized carbons (Fsp3) is 0.857. The Kier molecular flexibility index (Phi) is 7.20. The van der Waals surface area contributed by atoms with E-state index in [4.69, 9.17) is 17.0 Å². The Morgan fingerprint density at radius 1 is 1.29 bits per heavy atom. The Morgan fingerprint density at radius 2 is 2.08 bits per heavy atom. The number of hydrogen-bond acceptors (Lipinski definition) is 5. The zero-order valence-corrected chi connectivity index (χ0v) is 15.5. The monoisotopic (exact) mass is 378 g/mol. The molecule has 0 aromatic carbocycles. The lowest BCUT2D eigenvalue weighted by Gasteiger charge is -2.31. The molecule has 138 valence electrons. The predicted molar refractivity (Wildman–Crippen MR) is 94.6 cm³/mol. The number of hydrazine groups is 1. The van der Waals surface area contributed by atoms with Crippen LogP contribution in [0.25, 0.3) is 0 Å². The van der Waals surface area contributed by atoms with Gasteiger partial charge in [-0.05, 0) is 44.8 Å². The predicted octanol–water partition coefficient (Wildman–Crippen LogP) is -0.278. The first-order valence-corrected chi connectivity index (χ1v) is 10.4. The maximum absolute atomic E-state index is 12.2. The van der Waals surface area contributed by atoms with Crippen LogP contribution in [0.2, 0.25) is 0 Å². The van der Waals surface area contributed by atoms with Crippen molar-refractivity contribution in [1.29, 1.82) is 0 Å². The van der Waals surface area contributed by atoms with Gasteiger partial charge in [0.1, 0.15) is 0 Å². The third kappa shape index (κ3) is 5.54. The first kappa shape index (κ1) is 19.4. The number of rotatable bonds is 5. The number of ether oxygens (including phenoxy) is 1. The van der Waals surface area contributed by atoms with Gasteiger partial charge in [0.15, 0.2) is 5.11 Å². The lowest BCUT2D eigenvalue weighted by Crippen LogP contribution is -2.52. The Hall–Kier alpha value is -0.970. The number of carbonyl (C=O) groups excluding carboxylic acids is 1. The van der Waals surface area contributed by atoms with E-state index < -0.39 is 10.0 Å². The highest BCUT2D eigenvalue weighted by Crippen LogP contribution is 2.19. The molecule has 0 aromatic heterocycles. The lowest BCUT2D eigenvalue weighted by molar-refractivity contribution is -0.126. The molecule has 24 heavy (non-hydrogen) atoms. The highest BCUT2D eigenvalue weighted by Gasteiger charge is 2.31. The topological polar surface area (TPSA) is 99.8 Å². The summed E-state index contributed by atoms with van der Waals surface area (Å²) in [5.41, 5.74) is 5.23. The van der Waals surface area contributed by atoms with Gasteiger partial charge in [-0.1, -0.05) is 0 Å². The summed E-state index contributed by atoms with van der Waals surface area (Å²) >= 11 is 5.11. The zero-order chi connectivity index (χ0) is 17.6. The Bertz CT molecular complexity index is 549. The van der Waals surface area contributed by atoms with E-state index in [0.29, 0.717) is 31.0 Å². The minimum absolute atomic E-state index is 0.0524. The Labute approximate surface area is 148 Å². The summed E-state index contributed by atoms with van der Waals surface area (Å²) in [4.78, 5) is 12.2. The second-order valence-electron chi connectivity index (χ2n) is 6.06. The molecule has 0 bridgehead atoms. The van der Waals surface area contributed by atoms with E-state index in [0.717, 1.165) is 19.4 Å². The van der Waals surface area contributed by atoms with Crippen LogP contribution in [0.3, 0.4) is 0 Å². The smallest absolute Gasteiger partial charge is 0.242 e. The van der Waals surface area contributed by atoms with Crippen molar-refractivity contribution in [2.24, 2.45) is 5.92 Å². The van der Waals surface area contributed by atoms with Crippen LogP contribution in [0.1, 0.15) is 32.6 Å². The molecule has 2 rings (SSSR count). The molecule has 10 heteroatoms. The number of sulfonamides is 1. The molecule has 0 spiro atoms. The second-order valence-corrected chi connectivity index (χ2v) is 8.72. The molecule has 2 aliphatic rings. The van der Waals surface area contributed by atoms with Gasteiger partial charge in [-0.15, -0.1) is 0 Å². The number of thiocarbonyl (C=S) groups is 1. The Morgan fingerprint density at radius 3 is 2.75 bits per heavy atom. The lowest BCUT2D eigenvalue weighted by atomic mass is 9.99. The molecule has 2 aliphatic heterocycles. The van der Waals surface area contributed by atoms with Crippen molar-refractivity contribution in [3.63, 3.8) is 0 Å². The van der Waals surface area contributed by atoms with Crippen molar-refractivity contribution in [2.75, 3.05) is 32.0 Å². The fourth-order valence-corrected chi connectivity index (χ4v) is 4.18. The molecular formula is C14H26N4O4S2. The van der Waals surface area contributed by atoms with Crippen LogP contribution in [-0.4, -0.2) is 61.8 Å². The van der Waals surface area contributed by atoms with Crippen molar-refractivity contribution in [3.05, 3.63) is 0 Å². The molecule has 0 aromatic rings. The van der Waals surface area contributed by atoms with Gasteiger partial charge in [0, 0.05) is 26.2 Å². The van der Waals surface area contributed by atoms with Crippen molar-refractivity contribution >= 4 is 33.3 Å². The van der Waals surface area contributed by atoms with E-state index in [1.54, 1.807) is 6.92 Å². The molecule has 0 radical (unpaired) electrons. The van der Waals surface area contributed by atoms with Gasteiger partial charge in [0.25, 0.3) is 0 Å². The molecule has 8 nitrogen and oxygen atoms in total. The summed E-state index contributed by atoms with van der Waals surface area (Å²) in [7, 11) is -3.26. The standard InChI is InChI=1S/C14H26N4O4S2/c1-2-24(20,21)18-7-3-5-11(10-18)13(19)16-17-14(23)15-9-12-6-4-8-22-12/h11-12H,2-10H2,1H3,(H,16,19)(H2,15,17,23)/t11-,12+/m1/s1. The summed E-state index contributed by atoms with van der Waals surface area (Å²) in [6.45, 7) is 3.70. The molecule has 0 unspecified atom stereocenters. The summed E-state index contributed by atoms with van der Waals surface area (Å²) in [5.74, 6) is -0.558. The number of nitrogens with one attached hydrogen (secondary N) is 3. The van der Waals surface area contributed by atoms with E-state index in [-0.39, 0.29) is 30.2 Å². The Balaban J connectivity index is 1.72. The minimum Gasteiger partial charge on any atom is -0.376 e. The second kappa shape index (κ2) is 8.93.